The van der Waals surface area contributed by atoms with E-state index in [0.29, 0.717) is 13.0 Å². The van der Waals surface area contributed by atoms with Crippen molar-refractivity contribution in [2.45, 2.75) is 31.0 Å². The van der Waals surface area contributed by atoms with Crippen molar-refractivity contribution in [1.29, 1.82) is 0 Å². The van der Waals surface area contributed by atoms with E-state index in [9.17, 15) is 13.2 Å². The van der Waals surface area contributed by atoms with E-state index in [1.54, 1.807) is 12.0 Å². The molecule has 0 bridgehead atoms. The van der Waals surface area contributed by atoms with Crippen molar-refractivity contribution in [3.63, 3.8) is 0 Å². The fourth-order valence-corrected chi connectivity index (χ4v) is 6.71. The summed E-state index contributed by atoms with van der Waals surface area (Å²) in [5.74, 6) is 1.14. The van der Waals surface area contributed by atoms with Gasteiger partial charge < -0.3 is 9.64 Å². The van der Waals surface area contributed by atoms with Crippen molar-refractivity contribution in [2.75, 3.05) is 30.9 Å². The predicted octanol–water partition coefficient (Wildman–Crippen LogP) is 3.55. The lowest BCUT2D eigenvalue weighted by atomic mass is 10.2. The van der Waals surface area contributed by atoms with Gasteiger partial charge in [-0.1, -0.05) is 30.8 Å². The van der Waals surface area contributed by atoms with Gasteiger partial charge in [0.2, 0.25) is 5.91 Å². The number of para-hydroxylation sites is 2. The van der Waals surface area contributed by atoms with Gasteiger partial charge in [0.05, 0.1) is 35.4 Å². The van der Waals surface area contributed by atoms with Gasteiger partial charge in [-0.3, -0.25) is 9.36 Å². The van der Waals surface area contributed by atoms with Gasteiger partial charge >= 0.3 is 0 Å². The summed E-state index contributed by atoms with van der Waals surface area (Å²) in [5.41, 5.74) is 2.74. The van der Waals surface area contributed by atoms with Crippen LogP contribution in [0.25, 0.3) is 16.7 Å². The van der Waals surface area contributed by atoms with E-state index in [1.165, 1.54) is 11.8 Å². The van der Waals surface area contributed by atoms with Crippen LogP contribution in [-0.4, -0.2) is 65.7 Å². The Morgan fingerprint density at radius 1 is 1.22 bits per heavy atom. The Hall–Kier alpha value is -2.52. The molecule has 170 valence electrons. The number of ether oxygens (including phenoxy) is 1. The zero-order valence-corrected chi connectivity index (χ0v) is 19.9. The second kappa shape index (κ2) is 9.54. The van der Waals surface area contributed by atoms with Crippen LogP contribution in [0.15, 0.2) is 53.7 Å². The number of aromatic nitrogens is 2. The Balaban J connectivity index is 1.59. The maximum Gasteiger partial charge on any atom is 0.233 e. The molecule has 0 N–H and O–H groups in total. The van der Waals surface area contributed by atoms with E-state index < -0.39 is 9.84 Å². The zero-order chi connectivity index (χ0) is 22.7. The number of amides is 1. The van der Waals surface area contributed by atoms with Crippen molar-refractivity contribution >= 4 is 38.5 Å². The topological polar surface area (TPSA) is 81.5 Å². The number of nitrogens with zero attached hydrogens (tertiary/aromatic N) is 3. The number of fused-ring (bicyclic) bond motifs is 1. The first-order valence-corrected chi connectivity index (χ1v) is 13.5. The minimum absolute atomic E-state index is 0.0488. The smallest absolute Gasteiger partial charge is 0.233 e. The molecule has 1 aliphatic heterocycles. The second-order valence-corrected chi connectivity index (χ2v) is 11.0. The Kier molecular flexibility index (Phi) is 6.76. The summed E-state index contributed by atoms with van der Waals surface area (Å²) in [4.78, 5) is 19.6. The lowest BCUT2D eigenvalue weighted by molar-refractivity contribution is -0.130. The van der Waals surface area contributed by atoms with E-state index in [-0.39, 0.29) is 29.2 Å². The molecule has 4 rings (SSSR count). The monoisotopic (exact) mass is 473 g/mol. The Bertz CT molecular complexity index is 1210. The molecule has 32 heavy (non-hydrogen) atoms. The molecule has 1 atom stereocenters. The van der Waals surface area contributed by atoms with Gasteiger partial charge in [-0.05, 0) is 49.2 Å². The number of benzene rings is 2. The molecule has 0 radical (unpaired) electrons. The SMILES string of the molecule is CCCN(C(=O)CSc1nc2ccccc2n1-c1ccc(OC)cc1)C1CCS(=O)(=O)C1. The molecule has 9 heteroatoms. The highest BCUT2D eigenvalue weighted by Crippen LogP contribution is 2.29. The first kappa shape index (κ1) is 22.7. The van der Waals surface area contributed by atoms with Gasteiger partial charge in [0.15, 0.2) is 15.0 Å². The van der Waals surface area contributed by atoms with Crippen molar-refractivity contribution in [2.24, 2.45) is 0 Å². The highest BCUT2D eigenvalue weighted by molar-refractivity contribution is 7.99. The maximum atomic E-state index is 13.1. The van der Waals surface area contributed by atoms with Gasteiger partial charge in [0.25, 0.3) is 0 Å². The molecule has 2 heterocycles. The van der Waals surface area contributed by atoms with Crippen molar-refractivity contribution in [1.82, 2.24) is 14.5 Å². The van der Waals surface area contributed by atoms with E-state index in [0.717, 1.165) is 34.0 Å². The number of rotatable bonds is 8. The maximum absolute atomic E-state index is 13.1. The average Bonchev–Trinajstić information content (AvgIpc) is 3.35. The van der Waals surface area contributed by atoms with Crippen LogP contribution in [-0.2, 0) is 14.6 Å². The Morgan fingerprint density at radius 3 is 2.62 bits per heavy atom. The van der Waals surface area contributed by atoms with E-state index in [4.69, 9.17) is 9.72 Å². The van der Waals surface area contributed by atoms with Crippen LogP contribution in [0.2, 0.25) is 0 Å². The summed E-state index contributed by atoms with van der Waals surface area (Å²) in [6.07, 6.45) is 1.31. The third-order valence-corrected chi connectivity index (χ3v) is 8.29. The van der Waals surface area contributed by atoms with Gasteiger partial charge in [-0.2, -0.15) is 0 Å². The molecule has 2 aromatic carbocycles. The standard InChI is InChI=1S/C23H27N3O4S2/c1-3-13-25(18-12-14-32(28,29)16-18)22(27)15-31-23-24-20-6-4-5-7-21(20)26(23)17-8-10-19(30-2)11-9-17/h4-11,18H,3,12-16H2,1-2H3. The predicted molar refractivity (Wildman–Crippen MR) is 127 cm³/mol. The molecule has 3 aromatic rings. The van der Waals surface area contributed by atoms with Crippen molar-refractivity contribution < 1.29 is 17.9 Å². The fraction of sp³-hybridized carbons (Fsp3) is 0.391. The minimum Gasteiger partial charge on any atom is -0.497 e. The van der Waals surface area contributed by atoms with E-state index in [2.05, 4.69) is 0 Å². The third kappa shape index (κ3) is 4.78. The van der Waals surface area contributed by atoms with Gasteiger partial charge in [0.1, 0.15) is 5.75 Å². The van der Waals surface area contributed by atoms with Crippen molar-refractivity contribution in [3.05, 3.63) is 48.5 Å². The van der Waals surface area contributed by atoms with Crippen LogP contribution >= 0.6 is 11.8 Å². The fourth-order valence-electron chi connectivity index (χ4n) is 4.06. The van der Waals surface area contributed by atoms with Gasteiger partial charge in [0, 0.05) is 18.3 Å². The molecule has 0 saturated carbocycles. The molecule has 1 saturated heterocycles. The Labute approximate surface area is 192 Å². The van der Waals surface area contributed by atoms with Crippen LogP contribution in [0.5, 0.6) is 5.75 Å². The molecular weight excluding hydrogens is 446 g/mol. The van der Waals surface area contributed by atoms with E-state index >= 15 is 0 Å². The summed E-state index contributed by atoms with van der Waals surface area (Å²) in [7, 11) is -1.42. The van der Waals surface area contributed by atoms with Crippen molar-refractivity contribution in [3.8, 4) is 11.4 Å². The second-order valence-electron chi connectivity index (χ2n) is 7.85. The van der Waals surface area contributed by atoms with Crippen LogP contribution in [0.3, 0.4) is 0 Å². The largest absolute Gasteiger partial charge is 0.497 e. The quantitative estimate of drug-likeness (QED) is 0.466. The summed E-state index contributed by atoms with van der Waals surface area (Å²) >= 11 is 1.38. The first-order valence-electron chi connectivity index (χ1n) is 10.7. The number of methoxy groups -OCH3 is 1. The number of hydrogen-bond acceptors (Lipinski definition) is 6. The molecule has 1 fully saturated rings. The molecular formula is C23H27N3O4S2. The molecule has 1 aliphatic rings. The first-order chi connectivity index (χ1) is 15.4. The lowest BCUT2D eigenvalue weighted by Crippen LogP contribution is -2.42. The molecule has 7 nitrogen and oxygen atoms in total. The molecule has 0 spiro atoms. The van der Waals surface area contributed by atoms with E-state index in [1.807, 2.05) is 60.0 Å². The number of hydrogen-bond donors (Lipinski definition) is 0. The summed E-state index contributed by atoms with van der Waals surface area (Å²) in [5, 5.41) is 0.722. The van der Waals surface area contributed by atoms with Gasteiger partial charge in [-0.15, -0.1) is 0 Å². The lowest BCUT2D eigenvalue weighted by Gasteiger charge is -2.27. The third-order valence-electron chi connectivity index (χ3n) is 5.62. The normalized spacial score (nSPS) is 17.5. The van der Waals surface area contributed by atoms with Crippen LogP contribution in [0.4, 0.5) is 0 Å². The number of carbonyl (C=O) groups is 1. The highest BCUT2D eigenvalue weighted by atomic mass is 32.2. The van der Waals surface area contributed by atoms with Crippen LogP contribution in [0.1, 0.15) is 19.8 Å². The minimum atomic E-state index is -3.05. The number of sulfone groups is 1. The summed E-state index contributed by atoms with van der Waals surface area (Å²) in [6, 6.07) is 15.4. The Morgan fingerprint density at radius 2 is 1.97 bits per heavy atom. The number of imidazole rings is 1. The molecule has 0 aliphatic carbocycles. The van der Waals surface area contributed by atoms with Crippen LogP contribution < -0.4 is 4.74 Å². The van der Waals surface area contributed by atoms with Gasteiger partial charge in [-0.25, -0.2) is 13.4 Å². The number of thioether (sulfide) groups is 1. The zero-order valence-electron chi connectivity index (χ0n) is 18.2. The highest BCUT2D eigenvalue weighted by Gasteiger charge is 2.34. The summed E-state index contributed by atoms with van der Waals surface area (Å²) < 4.78 is 31.2. The number of carbonyl (C=O) groups excluding carboxylic acids is 1. The molecule has 1 unspecified atom stereocenters. The summed E-state index contributed by atoms with van der Waals surface area (Å²) in [6.45, 7) is 2.56. The van der Waals surface area contributed by atoms with Crippen LogP contribution in [0, 0.1) is 0 Å². The molecule has 1 amide bonds. The molecule has 1 aromatic heterocycles. The average molecular weight is 474 g/mol.